The summed E-state index contributed by atoms with van der Waals surface area (Å²) in [6.45, 7) is 1.65. The first-order valence-corrected chi connectivity index (χ1v) is 8.20. The third-order valence-electron chi connectivity index (χ3n) is 4.00. The van der Waals surface area contributed by atoms with Crippen LogP contribution in [0.2, 0.25) is 0 Å². The number of hydrogen-bond acceptors (Lipinski definition) is 4. The fourth-order valence-corrected chi connectivity index (χ4v) is 2.46. The fourth-order valence-electron chi connectivity index (χ4n) is 2.46. The third-order valence-corrected chi connectivity index (χ3v) is 4.00. The molecule has 0 radical (unpaired) electrons. The molecule has 5 heteroatoms. The Bertz CT molecular complexity index is 911. The van der Waals surface area contributed by atoms with E-state index < -0.39 is 11.5 Å². The van der Waals surface area contributed by atoms with E-state index in [-0.39, 0.29) is 0 Å². The summed E-state index contributed by atoms with van der Waals surface area (Å²) >= 11 is 0. The van der Waals surface area contributed by atoms with Crippen LogP contribution in [0.5, 0.6) is 5.75 Å². The molecule has 1 atom stereocenters. The van der Waals surface area contributed by atoms with E-state index in [9.17, 15) is 4.79 Å². The number of hydrogen-bond donors (Lipinski definition) is 1. The Balaban J connectivity index is 1.94. The highest BCUT2D eigenvalue weighted by molar-refractivity contribution is 5.85. The Morgan fingerprint density at radius 2 is 1.42 bits per heavy atom. The molecule has 0 saturated carbocycles. The van der Waals surface area contributed by atoms with Crippen LogP contribution >= 0.6 is 0 Å². The van der Waals surface area contributed by atoms with Gasteiger partial charge in [0.2, 0.25) is 5.60 Å². The number of rotatable bonds is 6. The molecule has 130 valence electrons. The van der Waals surface area contributed by atoms with Gasteiger partial charge in [-0.05, 0) is 31.2 Å². The van der Waals surface area contributed by atoms with Gasteiger partial charge < -0.3 is 10.5 Å². The molecule has 0 aliphatic carbocycles. The van der Waals surface area contributed by atoms with Gasteiger partial charge in [-0.2, -0.15) is 5.11 Å². The quantitative estimate of drug-likeness (QED) is 0.646. The molecule has 5 nitrogen and oxygen atoms in total. The van der Waals surface area contributed by atoms with Crippen LogP contribution in [0.15, 0.2) is 95.2 Å². The second-order valence-electron chi connectivity index (χ2n) is 5.87. The summed E-state index contributed by atoms with van der Waals surface area (Å²) in [6, 6.07) is 25.7. The number of azo groups is 1. The molecule has 3 rings (SSSR count). The van der Waals surface area contributed by atoms with Crippen molar-refractivity contribution < 1.29 is 9.53 Å². The van der Waals surface area contributed by atoms with Crippen molar-refractivity contribution in [3.05, 3.63) is 90.5 Å². The van der Waals surface area contributed by atoms with E-state index in [0.29, 0.717) is 17.0 Å². The summed E-state index contributed by atoms with van der Waals surface area (Å²) in [5.74, 6) is -0.157. The fraction of sp³-hybridized carbons (Fsp3) is 0.0952. The lowest BCUT2D eigenvalue weighted by atomic mass is 9.95. The van der Waals surface area contributed by atoms with E-state index in [1.165, 1.54) is 0 Å². The van der Waals surface area contributed by atoms with Gasteiger partial charge in [-0.25, -0.2) is 0 Å². The number of para-hydroxylation sites is 1. The van der Waals surface area contributed by atoms with Gasteiger partial charge in [0.15, 0.2) is 0 Å². The average molecular weight is 345 g/mol. The Morgan fingerprint density at radius 1 is 0.846 bits per heavy atom. The monoisotopic (exact) mass is 345 g/mol. The Hall–Kier alpha value is -3.47. The van der Waals surface area contributed by atoms with Crippen LogP contribution < -0.4 is 10.5 Å². The predicted octanol–water partition coefficient (Wildman–Crippen LogP) is 4.88. The van der Waals surface area contributed by atoms with Crippen LogP contribution in [0.1, 0.15) is 12.5 Å². The van der Waals surface area contributed by atoms with Gasteiger partial charge in [-0.3, -0.25) is 4.79 Å². The summed E-state index contributed by atoms with van der Waals surface area (Å²) in [7, 11) is 0. The van der Waals surface area contributed by atoms with E-state index in [1.807, 2.05) is 60.7 Å². The highest BCUT2D eigenvalue weighted by atomic mass is 16.5. The van der Waals surface area contributed by atoms with Gasteiger partial charge in [-0.15, -0.1) is 5.11 Å². The Morgan fingerprint density at radius 3 is 2.08 bits per heavy atom. The number of nitrogens with two attached hydrogens (primary N) is 1. The molecule has 0 saturated heterocycles. The second kappa shape index (κ2) is 7.61. The number of carbonyl (C=O) groups excluding carboxylic acids is 1. The van der Waals surface area contributed by atoms with Gasteiger partial charge in [-0.1, -0.05) is 60.7 Å². The number of primary amides is 1. The lowest BCUT2D eigenvalue weighted by Crippen LogP contribution is -2.43. The van der Waals surface area contributed by atoms with Crippen molar-refractivity contribution in [3.8, 4) is 5.75 Å². The van der Waals surface area contributed by atoms with Crippen molar-refractivity contribution in [1.82, 2.24) is 0 Å². The standard InChI is InChI=1S/C21H19N3O2/c1-21(20(22)25,16-10-4-2-5-11-16)26-19-15-9-8-14-18(19)24-23-17-12-6-3-7-13-17/h2-15H,1H3,(H2,22,25). The minimum absolute atomic E-state index is 0.428. The number of benzene rings is 3. The lowest BCUT2D eigenvalue weighted by Gasteiger charge is -2.28. The molecule has 26 heavy (non-hydrogen) atoms. The van der Waals surface area contributed by atoms with E-state index in [4.69, 9.17) is 10.5 Å². The first-order chi connectivity index (χ1) is 12.6. The largest absolute Gasteiger partial charge is 0.471 e. The molecule has 0 heterocycles. The Labute approximate surface area is 152 Å². The van der Waals surface area contributed by atoms with Crippen molar-refractivity contribution in [1.29, 1.82) is 0 Å². The van der Waals surface area contributed by atoms with Crippen molar-refractivity contribution >= 4 is 17.3 Å². The molecule has 2 N–H and O–H groups in total. The van der Waals surface area contributed by atoms with E-state index in [0.717, 1.165) is 5.69 Å². The minimum atomic E-state index is -1.32. The van der Waals surface area contributed by atoms with Gasteiger partial charge >= 0.3 is 0 Å². The SMILES string of the molecule is CC(Oc1ccccc1N=Nc1ccccc1)(C(N)=O)c1ccccc1. The summed E-state index contributed by atoms with van der Waals surface area (Å²) < 4.78 is 6.04. The molecule has 3 aromatic rings. The molecular formula is C21H19N3O2. The molecule has 1 amide bonds. The highest BCUT2D eigenvalue weighted by Gasteiger charge is 2.36. The van der Waals surface area contributed by atoms with Crippen LogP contribution in [0.3, 0.4) is 0 Å². The van der Waals surface area contributed by atoms with E-state index >= 15 is 0 Å². The predicted molar refractivity (Wildman–Crippen MR) is 101 cm³/mol. The number of carbonyl (C=O) groups is 1. The van der Waals surface area contributed by atoms with Crippen molar-refractivity contribution in [2.45, 2.75) is 12.5 Å². The summed E-state index contributed by atoms with van der Waals surface area (Å²) in [5, 5.41) is 8.48. The summed E-state index contributed by atoms with van der Waals surface area (Å²) in [4.78, 5) is 12.2. The van der Waals surface area contributed by atoms with Gasteiger partial charge in [0.05, 0.1) is 5.69 Å². The summed E-state index contributed by atoms with van der Waals surface area (Å²) in [5.41, 5.74) is 6.24. The molecule has 0 spiro atoms. The molecule has 3 aromatic carbocycles. The zero-order valence-electron chi connectivity index (χ0n) is 14.4. The van der Waals surface area contributed by atoms with Gasteiger partial charge in [0.1, 0.15) is 11.4 Å². The second-order valence-corrected chi connectivity index (χ2v) is 5.87. The smallest absolute Gasteiger partial charge is 0.266 e. The maximum absolute atomic E-state index is 12.2. The lowest BCUT2D eigenvalue weighted by molar-refractivity contribution is -0.132. The molecule has 0 aromatic heterocycles. The first kappa shape index (κ1) is 17.4. The van der Waals surface area contributed by atoms with Crippen LogP contribution in [0.25, 0.3) is 0 Å². The van der Waals surface area contributed by atoms with Crippen LogP contribution in [0, 0.1) is 0 Å². The normalized spacial score (nSPS) is 13.3. The van der Waals surface area contributed by atoms with Gasteiger partial charge in [0, 0.05) is 5.56 Å². The zero-order chi connectivity index (χ0) is 18.4. The molecular weight excluding hydrogens is 326 g/mol. The average Bonchev–Trinajstić information content (AvgIpc) is 2.68. The number of amides is 1. The van der Waals surface area contributed by atoms with Crippen molar-refractivity contribution in [3.63, 3.8) is 0 Å². The van der Waals surface area contributed by atoms with Crippen LogP contribution in [0.4, 0.5) is 11.4 Å². The molecule has 0 fully saturated rings. The molecule has 0 aliphatic rings. The molecule has 0 aliphatic heterocycles. The number of nitrogens with zero attached hydrogens (tertiary/aromatic N) is 2. The topological polar surface area (TPSA) is 77.0 Å². The van der Waals surface area contributed by atoms with Gasteiger partial charge in [0.25, 0.3) is 5.91 Å². The zero-order valence-corrected chi connectivity index (χ0v) is 14.4. The third kappa shape index (κ3) is 3.78. The van der Waals surface area contributed by atoms with Crippen molar-refractivity contribution in [2.24, 2.45) is 16.0 Å². The summed E-state index contributed by atoms with van der Waals surface area (Å²) in [6.07, 6.45) is 0. The first-order valence-electron chi connectivity index (χ1n) is 8.20. The number of ether oxygens (including phenoxy) is 1. The molecule has 0 bridgehead atoms. The maximum atomic E-state index is 12.2. The van der Waals surface area contributed by atoms with E-state index in [1.54, 1.807) is 31.2 Å². The van der Waals surface area contributed by atoms with Crippen LogP contribution in [-0.4, -0.2) is 5.91 Å². The van der Waals surface area contributed by atoms with E-state index in [2.05, 4.69) is 10.2 Å². The molecule has 1 unspecified atom stereocenters. The van der Waals surface area contributed by atoms with Crippen molar-refractivity contribution in [2.75, 3.05) is 0 Å². The van der Waals surface area contributed by atoms with Crippen LogP contribution in [-0.2, 0) is 10.4 Å². The minimum Gasteiger partial charge on any atom is -0.471 e. The highest BCUT2D eigenvalue weighted by Crippen LogP contribution is 2.35. The Kier molecular flexibility index (Phi) is 5.08. The maximum Gasteiger partial charge on any atom is 0.266 e.